The molecule has 0 amide bonds. The maximum absolute atomic E-state index is 12.5. The van der Waals surface area contributed by atoms with Gasteiger partial charge in [-0.2, -0.15) is 4.72 Å². The zero-order valence-electron chi connectivity index (χ0n) is 16.2. The van der Waals surface area contributed by atoms with Crippen molar-refractivity contribution in [3.05, 3.63) is 53.1 Å². The Hall–Kier alpha value is -1.92. The number of ether oxygens (including phenoxy) is 1. The van der Waals surface area contributed by atoms with E-state index < -0.39 is 22.0 Å². The average Bonchev–Trinajstić information content (AvgIpc) is 2.57. The summed E-state index contributed by atoms with van der Waals surface area (Å²) in [5.74, 6) is -0.603. The molecule has 0 aromatic heterocycles. The first-order chi connectivity index (χ1) is 12.2. The van der Waals surface area contributed by atoms with E-state index in [4.69, 9.17) is 4.74 Å². The predicted molar refractivity (Wildman–Crippen MR) is 104 cm³/mol. The van der Waals surface area contributed by atoms with Gasteiger partial charge in [-0.25, -0.2) is 8.42 Å². The summed E-state index contributed by atoms with van der Waals surface area (Å²) < 4.78 is 32.2. The maximum Gasteiger partial charge on any atom is 0.324 e. The standard InChI is InChI=1S/C20H29NO4S/c1-15(2)7-6-8-16(3)11-14-19(20(22)25-5)21-26(23,24)18-12-9-17(4)10-13-18/h7,9-13,19,21H,6,8,14H2,1-5H3/b16-11+. The monoisotopic (exact) mass is 379 g/mol. The summed E-state index contributed by atoms with van der Waals surface area (Å²) >= 11 is 0. The Morgan fingerprint density at radius 3 is 2.31 bits per heavy atom. The van der Waals surface area contributed by atoms with Gasteiger partial charge in [0.05, 0.1) is 12.0 Å². The number of hydrogen-bond acceptors (Lipinski definition) is 4. The molecule has 1 aromatic rings. The van der Waals surface area contributed by atoms with E-state index in [0.29, 0.717) is 0 Å². The van der Waals surface area contributed by atoms with Crippen LogP contribution in [0, 0.1) is 6.92 Å². The minimum absolute atomic E-state index is 0.126. The number of benzene rings is 1. The molecular formula is C20H29NO4S. The van der Waals surface area contributed by atoms with Crippen molar-refractivity contribution in [1.29, 1.82) is 0 Å². The third-order valence-electron chi connectivity index (χ3n) is 3.91. The van der Waals surface area contributed by atoms with Gasteiger partial charge in [-0.1, -0.05) is 41.0 Å². The summed E-state index contributed by atoms with van der Waals surface area (Å²) in [7, 11) is -2.55. The minimum atomic E-state index is -3.80. The maximum atomic E-state index is 12.5. The fourth-order valence-corrected chi connectivity index (χ4v) is 3.51. The van der Waals surface area contributed by atoms with Crippen LogP contribution in [0.2, 0.25) is 0 Å². The molecule has 0 heterocycles. The third kappa shape index (κ3) is 7.54. The van der Waals surface area contributed by atoms with Crippen LogP contribution in [-0.2, 0) is 19.6 Å². The number of carbonyl (C=O) groups excluding carboxylic acids is 1. The lowest BCUT2D eigenvalue weighted by Gasteiger charge is -2.16. The molecule has 0 saturated carbocycles. The predicted octanol–water partition coefficient (Wildman–Crippen LogP) is 3.90. The van der Waals surface area contributed by atoms with Crippen molar-refractivity contribution in [2.24, 2.45) is 0 Å². The lowest BCUT2D eigenvalue weighted by atomic mass is 10.1. The molecule has 0 aliphatic heterocycles. The van der Waals surface area contributed by atoms with Crippen molar-refractivity contribution in [3.63, 3.8) is 0 Å². The quantitative estimate of drug-likeness (QED) is 0.522. The van der Waals surface area contributed by atoms with E-state index in [1.807, 2.05) is 33.8 Å². The van der Waals surface area contributed by atoms with Gasteiger partial charge in [0.1, 0.15) is 6.04 Å². The third-order valence-corrected chi connectivity index (χ3v) is 5.40. The molecule has 1 atom stereocenters. The fourth-order valence-electron chi connectivity index (χ4n) is 2.32. The molecule has 1 rings (SSSR count). The molecule has 5 nitrogen and oxygen atoms in total. The Morgan fingerprint density at radius 2 is 1.77 bits per heavy atom. The molecule has 1 N–H and O–H groups in total. The molecule has 1 unspecified atom stereocenters. The number of hydrogen-bond donors (Lipinski definition) is 1. The number of esters is 1. The van der Waals surface area contributed by atoms with Gasteiger partial charge in [-0.15, -0.1) is 0 Å². The molecule has 1 aromatic carbocycles. The Labute approximate surface area is 157 Å². The Balaban J connectivity index is 2.85. The average molecular weight is 380 g/mol. The number of rotatable bonds is 9. The highest BCUT2D eigenvalue weighted by Crippen LogP contribution is 2.14. The first-order valence-corrected chi connectivity index (χ1v) is 10.1. The number of nitrogens with one attached hydrogen (secondary N) is 1. The van der Waals surface area contributed by atoms with E-state index in [1.54, 1.807) is 12.1 Å². The van der Waals surface area contributed by atoms with Crippen LogP contribution in [0.1, 0.15) is 45.6 Å². The SMILES string of the molecule is COC(=O)C(C/C=C(\C)CCC=C(C)C)NS(=O)(=O)c1ccc(C)cc1. The number of carbonyl (C=O) groups is 1. The van der Waals surface area contributed by atoms with Crippen LogP contribution >= 0.6 is 0 Å². The summed E-state index contributed by atoms with van der Waals surface area (Å²) in [5, 5.41) is 0. The summed E-state index contributed by atoms with van der Waals surface area (Å²) in [6.07, 6.45) is 6.07. The smallest absolute Gasteiger partial charge is 0.324 e. The van der Waals surface area contributed by atoms with Crippen LogP contribution in [0.3, 0.4) is 0 Å². The van der Waals surface area contributed by atoms with Crippen molar-refractivity contribution in [3.8, 4) is 0 Å². The number of sulfonamides is 1. The van der Waals surface area contributed by atoms with Gasteiger partial charge in [-0.3, -0.25) is 4.79 Å². The molecule has 0 saturated heterocycles. The lowest BCUT2D eigenvalue weighted by Crippen LogP contribution is -2.41. The fraction of sp³-hybridized carbons (Fsp3) is 0.450. The zero-order valence-corrected chi connectivity index (χ0v) is 17.0. The first-order valence-electron chi connectivity index (χ1n) is 8.61. The number of aryl methyl sites for hydroxylation is 1. The number of methoxy groups -OCH3 is 1. The van der Waals surface area contributed by atoms with Gasteiger partial charge in [0.15, 0.2) is 0 Å². The van der Waals surface area contributed by atoms with Crippen LogP contribution in [0.4, 0.5) is 0 Å². The normalized spacial score (nSPS) is 13.2. The van der Waals surface area contributed by atoms with Crippen LogP contribution in [-0.4, -0.2) is 27.5 Å². The molecule has 26 heavy (non-hydrogen) atoms. The van der Waals surface area contributed by atoms with Crippen molar-refractivity contribution < 1.29 is 17.9 Å². The Morgan fingerprint density at radius 1 is 1.15 bits per heavy atom. The molecule has 0 aliphatic rings. The second kappa shape index (κ2) is 10.3. The number of allylic oxidation sites excluding steroid dienone is 3. The van der Waals surface area contributed by atoms with E-state index in [1.165, 1.54) is 24.8 Å². The minimum Gasteiger partial charge on any atom is -0.468 e. The molecule has 0 bridgehead atoms. The van der Waals surface area contributed by atoms with Crippen LogP contribution in [0.5, 0.6) is 0 Å². The van der Waals surface area contributed by atoms with Crippen molar-refractivity contribution in [1.82, 2.24) is 4.72 Å². The first kappa shape index (κ1) is 22.1. The summed E-state index contributed by atoms with van der Waals surface area (Å²) in [6.45, 7) is 7.95. The molecule has 0 spiro atoms. The second-order valence-electron chi connectivity index (χ2n) is 6.62. The largest absolute Gasteiger partial charge is 0.468 e. The van der Waals surface area contributed by atoms with Crippen LogP contribution < -0.4 is 4.72 Å². The zero-order chi connectivity index (χ0) is 19.7. The van der Waals surface area contributed by atoms with Crippen molar-refractivity contribution in [2.45, 2.75) is 57.9 Å². The summed E-state index contributed by atoms with van der Waals surface area (Å²) in [5.41, 5.74) is 3.32. The van der Waals surface area contributed by atoms with Gasteiger partial charge in [-0.05, 0) is 59.1 Å². The molecular weight excluding hydrogens is 350 g/mol. The highest BCUT2D eigenvalue weighted by Gasteiger charge is 2.25. The van der Waals surface area contributed by atoms with Gasteiger partial charge < -0.3 is 4.74 Å². The van der Waals surface area contributed by atoms with Crippen molar-refractivity contribution >= 4 is 16.0 Å². The Kier molecular flexibility index (Phi) is 8.75. The van der Waals surface area contributed by atoms with Gasteiger partial charge >= 0.3 is 5.97 Å². The van der Waals surface area contributed by atoms with Gasteiger partial charge in [0, 0.05) is 0 Å². The van der Waals surface area contributed by atoms with E-state index in [0.717, 1.165) is 24.0 Å². The molecule has 144 valence electrons. The lowest BCUT2D eigenvalue weighted by molar-refractivity contribution is -0.142. The van der Waals surface area contributed by atoms with Gasteiger partial charge in [0.2, 0.25) is 10.0 Å². The highest BCUT2D eigenvalue weighted by atomic mass is 32.2. The van der Waals surface area contributed by atoms with E-state index in [2.05, 4.69) is 10.8 Å². The highest BCUT2D eigenvalue weighted by molar-refractivity contribution is 7.89. The molecule has 0 radical (unpaired) electrons. The van der Waals surface area contributed by atoms with E-state index in [-0.39, 0.29) is 11.3 Å². The summed E-state index contributed by atoms with van der Waals surface area (Å²) in [4.78, 5) is 12.1. The molecule has 0 fully saturated rings. The van der Waals surface area contributed by atoms with Crippen LogP contribution in [0.15, 0.2) is 52.5 Å². The summed E-state index contributed by atoms with van der Waals surface area (Å²) in [6, 6.07) is 5.52. The van der Waals surface area contributed by atoms with Gasteiger partial charge in [0.25, 0.3) is 0 Å². The molecule has 6 heteroatoms. The van der Waals surface area contributed by atoms with Crippen molar-refractivity contribution in [2.75, 3.05) is 7.11 Å². The topological polar surface area (TPSA) is 72.5 Å². The van der Waals surface area contributed by atoms with E-state index in [9.17, 15) is 13.2 Å². The molecule has 0 aliphatic carbocycles. The van der Waals surface area contributed by atoms with Crippen LogP contribution in [0.25, 0.3) is 0 Å². The Bertz CT molecular complexity index is 758. The van der Waals surface area contributed by atoms with E-state index >= 15 is 0 Å². The second-order valence-corrected chi connectivity index (χ2v) is 8.33.